The summed E-state index contributed by atoms with van der Waals surface area (Å²) in [7, 11) is 3.02. The minimum atomic E-state index is -0.495. The number of ether oxygens (including phenoxy) is 2. The summed E-state index contributed by atoms with van der Waals surface area (Å²) in [5, 5.41) is 3.12. The maximum absolute atomic E-state index is 13.7. The molecule has 0 aromatic heterocycles. The highest BCUT2D eigenvalue weighted by molar-refractivity contribution is 5.97. The van der Waals surface area contributed by atoms with Gasteiger partial charge in [-0.25, -0.2) is 4.39 Å². The molecule has 0 bridgehead atoms. The van der Waals surface area contributed by atoms with Gasteiger partial charge in [-0.05, 0) is 19.1 Å². The topological polar surface area (TPSA) is 50.8 Å². The molecule has 0 saturated carbocycles. The second-order valence-electron chi connectivity index (χ2n) is 4.72. The van der Waals surface area contributed by atoms with Gasteiger partial charge in [0.2, 0.25) is 5.91 Å². The van der Waals surface area contributed by atoms with Crippen molar-refractivity contribution in [2.75, 3.05) is 32.2 Å². The Kier molecular flexibility index (Phi) is 4.57. The smallest absolute Gasteiger partial charge is 0.246 e. The number of anilines is 1. The third kappa shape index (κ3) is 2.91. The molecule has 0 unspecified atom stereocenters. The van der Waals surface area contributed by atoms with Crippen molar-refractivity contribution >= 4 is 11.6 Å². The zero-order chi connectivity index (χ0) is 14.7. The molecule has 0 aliphatic carbocycles. The van der Waals surface area contributed by atoms with Crippen LogP contribution >= 0.6 is 0 Å². The van der Waals surface area contributed by atoms with E-state index in [4.69, 9.17) is 9.47 Å². The molecule has 1 heterocycles. The Labute approximate surface area is 117 Å². The average molecular weight is 282 g/mol. The molecule has 2 atom stereocenters. The second-order valence-corrected chi connectivity index (χ2v) is 4.72. The number of carbonyl (C=O) groups is 1. The molecule has 0 radical (unpaired) electrons. The lowest BCUT2D eigenvalue weighted by Gasteiger charge is -2.32. The van der Waals surface area contributed by atoms with E-state index >= 15 is 0 Å². The normalized spacial score (nSPS) is 22.4. The predicted octanol–water partition coefficient (Wildman–Crippen LogP) is 1.17. The van der Waals surface area contributed by atoms with E-state index in [1.54, 1.807) is 13.1 Å². The molecule has 6 heteroatoms. The Bertz CT molecular complexity index is 495. The van der Waals surface area contributed by atoms with Gasteiger partial charge in [0.15, 0.2) is 11.6 Å². The number of methoxy groups -OCH3 is 1. The lowest BCUT2D eigenvalue weighted by atomic mass is 10.1. The third-order valence-electron chi connectivity index (χ3n) is 3.44. The van der Waals surface area contributed by atoms with Crippen LogP contribution < -0.4 is 15.0 Å². The molecule has 1 saturated heterocycles. The predicted molar refractivity (Wildman–Crippen MR) is 73.6 cm³/mol. The first-order chi connectivity index (χ1) is 9.54. The molecule has 1 fully saturated rings. The number of nitrogens with one attached hydrogen (secondary N) is 1. The van der Waals surface area contributed by atoms with Crippen LogP contribution in [0.1, 0.15) is 6.92 Å². The maximum Gasteiger partial charge on any atom is 0.246 e. The van der Waals surface area contributed by atoms with Gasteiger partial charge >= 0.3 is 0 Å². The number of halogens is 1. The van der Waals surface area contributed by atoms with Gasteiger partial charge in [-0.2, -0.15) is 0 Å². The van der Waals surface area contributed by atoms with Gasteiger partial charge in [0, 0.05) is 25.3 Å². The van der Waals surface area contributed by atoms with E-state index in [0.29, 0.717) is 18.8 Å². The van der Waals surface area contributed by atoms with Crippen molar-refractivity contribution in [1.82, 2.24) is 5.32 Å². The summed E-state index contributed by atoms with van der Waals surface area (Å²) in [4.78, 5) is 13.8. The first kappa shape index (κ1) is 14.7. The van der Waals surface area contributed by atoms with Crippen molar-refractivity contribution in [3.63, 3.8) is 0 Å². The Morgan fingerprint density at radius 2 is 2.30 bits per heavy atom. The molecule has 0 spiro atoms. The zero-order valence-corrected chi connectivity index (χ0v) is 11.9. The Hall–Kier alpha value is -1.66. The fourth-order valence-electron chi connectivity index (χ4n) is 2.21. The van der Waals surface area contributed by atoms with Crippen molar-refractivity contribution in [3.8, 4) is 5.75 Å². The quantitative estimate of drug-likeness (QED) is 0.904. The summed E-state index contributed by atoms with van der Waals surface area (Å²) in [6.07, 6.45) is -0.207. The van der Waals surface area contributed by atoms with E-state index in [1.807, 2.05) is 6.92 Å². The van der Waals surface area contributed by atoms with E-state index in [2.05, 4.69) is 5.32 Å². The SMILES string of the molecule is COc1ccc(N(C)C(=O)[C@H]2NCCO[C@@H]2C)cc1F. The van der Waals surface area contributed by atoms with Gasteiger partial charge in [-0.3, -0.25) is 4.79 Å². The van der Waals surface area contributed by atoms with Crippen LogP contribution in [0.3, 0.4) is 0 Å². The molecule has 20 heavy (non-hydrogen) atoms. The van der Waals surface area contributed by atoms with Crippen LogP contribution in [-0.2, 0) is 9.53 Å². The molecule has 1 N–H and O–H groups in total. The molecular weight excluding hydrogens is 263 g/mol. The molecule has 1 aliphatic rings. The molecule has 1 aromatic rings. The van der Waals surface area contributed by atoms with Crippen LogP contribution in [0.5, 0.6) is 5.75 Å². The van der Waals surface area contributed by atoms with Gasteiger partial charge in [0.1, 0.15) is 6.04 Å². The van der Waals surface area contributed by atoms with Crippen LogP contribution in [0.25, 0.3) is 0 Å². The summed E-state index contributed by atoms with van der Waals surface area (Å²) in [6.45, 7) is 3.06. The summed E-state index contributed by atoms with van der Waals surface area (Å²) in [5.41, 5.74) is 0.480. The number of benzene rings is 1. The number of likely N-dealkylation sites (N-methyl/N-ethyl adjacent to an activating group) is 1. The van der Waals surface area contributed by atoms with Crippen molar-refractivity contribution in [3.05, 3.63) is 24.0 Å². The highest BCUT2D eigenvalue weighted by Crippen LogP contribution is 2.23. The number of morpholine rings is 1. The van der Waals surface area contributed by atoms with Crippen LogP contribution in [0.4, 0.5) is 10.1 Å². The fraction of sp³-hybridized carbons (Fsp3) is 0.500. The Balaban J connectivity index is 2.15. The standard InChI is InChI=1S/C14H19FN2O3/c1-9-13(16-6-7-20-9)14(18)17(2)10-4-5-12(19-3)11(15)8-10/h4-5,8-9,13,16H,6-7H2,1-3H3/t9-,13+/m1/s1. The van der Waals surface area contributed by atoms with Gasteiger partial charge in [-0.1, -0.05) is 0 Å². The summed E-state index contributed by atoms with van der Waals surface area (Å²) < 4.78 is 24.0. The molecule has 110 valence electrons. The van der Waals surface area contributed by atoms with Gasteiger partial charge in [-0.15, -0.1) is 0 Å². The zero-order valence-electron chi connectivity index (χ0n) is 11.9. The van der Waals surface area contributed by atoms with E-state index < -0.39 is 11.9 Å². The largest absolute Gasteiger partial charge is 0.494 e. The van der Waals surface area contributed by atoms with Crippen molar-refractivity contribution in [1.29, 1.82) is 0 Å². The van der Waals surface area contributed by atoms with Crippen LogP contribution in [-0.4, -0.2) is 45.4 Å². The third-order valence-corrected chi connectivity index (χ3v) is 3.44. The molecule has 5 nitrogen and oxygen atoms in total. The highest BCUT2D eigenvalue weighted by atomic mass is 19.1. The maximum atomic E-state index is 13.7. The minimum Gasteiger partial charge on any atom is -0.494 e. The first-order valence-electron chi connectivity index (χ1n) is 6.50. The minimum absolute atomic E-state index is 0.151. The number of amides is 1. The van der Waals surface area contributed by atoms with Crippen LogP contribution in [0.2, 0.25) is 0 Å². The van der Waals surface area contributed by atoms with Crippen LogP contribution in [0.15, 0.2) is 18.2 Å². The second kappa shape index (κ2) is 6.19. The number of rotatable bonds is 3. The van der Waals surface area contributed by atoms with E-state index in [0.717, 1.165) is 0 Å². The fourth-order valence-corrected chi connectivity index (χ4v) is 2.21. The number of carbonyl (C=O) groups excluding carboxylic acids is 1. The number of nitrogens with zero attached hydrogens (tertiary/aromatic N) is 1. The average Bonchev–Trinajstić information content (AvgIpc) is 2.46. The van der Waals surface area contributed by atoms with Crippen molar-refractivity contribution in [2.45, 2.75) is 19.1 Å². The number of hydrogen-bond acceptors (Lipinski definition) is 4. The van der Waals surface area contributed by atoms with Crippen LogP contribution in [0, 0.1) is 5.82 Å². The Morgan fingerprint density at radius 3 is 2.90 bits per heavy atom. The molecule has 1 amide bonds. The molecule has 2 rings (SSSR count). The first-order valence-corrected chi connectivity index (χ1v) is 6.50. The summed E-state index contributed by atoms with van der Waals surface area (Å²) in [5.74, 6) is -0.491. The Morgan fingerprint density at radius 1 is 1.55 bits per heavy atom. The van der Waals surface area contributed by atoms with E-state index in [-0.39, 0.29) is 17.8 Å². The summed E-state index contributed by atoms with van der Waals surface area (Å²) in [6, 6.07) is 4.01. The molecular formula is C14H19FN2O3. The number of hydrogen-bond donors (Lipinski definition) is 1. The highest BCUT2D eigenvalue weighted by Gasteiger charge is 2.31. The molecule has 1 aliphatic heterocycles. The van der Waals surface area contributed by atoms with Crippen molar-refractivity contribution < 1.29 is 18.7 Å². The van der Waals surface area contributed by atoms with E-state index in [1.165, 1.54) is 24.1 Å². The van der Waals surface area contributed by atoms with Gasteiger partial charge in [0.05, 0.1) is 19.8 Å². The van der Waals surface area contributed by atoms with Crippen molar-refractivity contribution in [2.24, 2.45) is 0 Å². The molecule has 1 aromatic carbocycles. The monoisotopic (exact) mass is 282 g/mol. The van der Waals surface area contributed by atoms with E-state index in [9.17, 15) is 9.18 Å². The van der Waals surface area contributed by atoms with Gasteiger partial charge < -0.3 is 19.7 Å². The van der Waals surface area contributed by atoms with Gasteiger partial charge in [0.25, 0.3) is 0 Å². The lowest BCUT2D eigenvalue weighted by Crippen LogP contribution is -2.55. The lowest BCUT2D eigenvalue weighted by molar-refractivity contribution is -0.126. The summed E-state index contributed by atoms with van der Waals surface area (Å²) >= 11 is 0.